The van der Waals surface area contributed by atoms with Gasteiger partial charge in [0.15, 0.2) is 5.96 Å². The molecule has 1 aromatic heterocycles. The largest absolute Gasteiger partial charge is 0.374 e. The van der Waals surface area contributed by atoms with Crippen LogP contribution in [0, 0.1) is 13.8 Å². The summed E-state index contributed by atoms with van der Waals surface area (Å²) < 4.78 is 5.67. The first-order chi connectivity index (χ1) is 12.5. The molecule has 26 heavy (non-hydrogen) atoms. The molecular weight excluding hydrogens is 344 g/mol. The first kappa shape index (κ1) is 20.4. The highest BCUT2D eigenvalue weighted by molar-refractivity contribution is 7.11. The molecule has 142 valence electrons. The third kappa shape index (κ3) is 6.77. The first-order valence-corrected chi connectivity index (χ1v) is 9.86. The number of ether oxygens (including phenoxy) is 1. The predicted molar refractivity (Wildman–Crippen MR) is 110 cm³/mol. The molecule has 0 aliphatic heterocycles. The Morgan fingerprint density at radius 1 is 1.23 bits per heavy atom. The molecular formula is C20H30N4OS. The summed E-state index contributed by atoms with van der Waals surface area (Å²) in [5.41, 5.74) is 3.54. The second kappa shape index (κ2) is 10.3. The van der Waals surface area contributed by atoms with E-state index in [1.54, 1.807) is 18.4 Å². The van der Waals surface area contributed by atoms with Crippen molar-refractivity contribution in [2.45, 2.75) is 53.4 Å². The average Bonchev–Trinajstić information content (AvgIpc) is 2.94. The van der Waals surface area contributed by atoms with Crippen LogP contribution in [0.15, 0.2) is 29.3 Å². The van der Waals surface area contributed by atoms with Crippen molar-refractivity contribution in [3.63, 3.8) is 0 Å². The number of aromatic nitrogens is 1. The Labute approximate surface area is 160 Å². The molecule has 0 amide bonds. The fraction of sp³-hybridized carbons (Fsp3) is 0.500. The zero-order chi connectivity index (χ0) is 18.9. The van der Waals surface area contributed by atoms with Crippen LogP contribution < -0.4 is 10.6 Å². The van der Waals surface area contributed by atoms with E-state index in [0.29, 0.717) is 6.61 Å². The van der Waals surface area contributed by atoms with Gasteiger partial charge in [0, 0.05) is 31.4 Å². The maximum Gasteiger partial charge on any atom is 0.191 e. The van der Waals surface area contributed by atoms with E-state index in [0.717, 1.165) is 31.2 Å². The van der Waals surface area contributed by atoms with Gasteiger partial charge in [-0.05, 0) is 38.8 Å². The summed E-state index contributed by atoms with van der Waals surface area (Å²) >= 11 is 1.77. The molecule has 5 nitrogen and oxygen atoms in total. The summed E-state index contributed by atoms with van der Waals surface area (Å²) in [6.07, 6.45) is 1.15. The van der Waals surface area contributed by atoms with Crippen molar-refractivity contribution < 1.29 is 4.74 Å². The van der Waals surface area contributed by atoms with Gasteiger partial charge in [0.2, 0.25) is 0 Å². The molecule has 0 aliphatic carbocycles. The van der Waals surface area contributed by atoms with Gasteiger partial charge in [-0.1, -0.05) is 24.3 Å². The zero-order valence-corrected chi connectivity index (χ0v) is 17.2. The third-order valence-electron chi connectivity index (χ3n) is 3.96. The van der Waals surface area contributed by atoms with Gasteiger partial charge < -0.3 is 15.4 Å². The summed E-state index contributed by atoms with van der Waals surface area (Å²) in [5.74, 6) is 0.804. The van der Waals surface area contributed by atoms with Gasteiger partial charge in [0.25, 0.3) is 0 Å². The molecule has 2 rings (SSSR count). The van der Waals surface area contributed by atoms with Gasteiger partial charge >= 0.3 is 0 Å². The van der Waals surface area contributed by atoms with E-state index in [2.05, 4.69) is 72.6 Å². The van der Waals surface area contributed by atoms with E-state index in [1.807, 2.05) is 0 Å². The Bertz CT molecular complexity index is 705. The molecule has 0 atom stereocenters. The molecule has 0 fully saturated rings. The lowest BCUT2D eigenvalue weighted by Gasteiger charge is -2.12. The van der Waals surface area contributed by atoms with Gasteiger partial charge in [-0.2, -0.15) is 0 Å². The van der Waals surface area contributed by atoms with E-state index < -0.39 is 0 Å². The van der Waals surface area contributed by atoms with E-state index in [4.69, 9.17) is 4.74 Å². The van der Waals surface area contributed by atoms with Gasteiger partial charge in [-0.15, -0.1) is 11.3 Å². The summed E-state index contributed by atoms with van der Waals surface area (Å²) in [6.45, 7) is 10.5. The van der Waals surface area contributed by atoms with Gasteiger partial charge in [0.1, 0.15) is 0 Å². The maximum absolute atomic E-state index is 5.67. The Morgan fingerprint density at radius 2 is 2.00 bits per heavy atom. The van der Waals surface area contributed by atoms with Crippen molar-refractivity contribution in [2.24, 2.45) is 4.99 Å². The summed E-state index contributed by atoms with van der Waals surface area (Å²) in [7, 11) is 1.79. The number of aliphatic imine (C=N–C) groups is 1. The number of guanidine groups is 1. The monoisotopic (exact) mass is 374 g/mol. The Kier molecular flexibility index (Phi) is 8.06. The van der Waals surface area contributed by atoms with Crippen molar-refractivity contribution in [1.29, 1.82) is 0 Å². The van der Waals surface area contributed by atoms with Crippen LogP contribution in [0.1, 0.15) is 40.6 Å². The highest BCUT2D eigenvalue weighted by Crippen LogP contribution is 2.16. The number of nitrogens with zero attached hydrogens (tertiary/aromatic N) is 2. The predicted octanol–water partition coefficient (Wildman–Crippen LogP) is 3.59. The van der Waals surface area contributed by atoms with Gasteiger partial charge in [-0.3, -0.25) is 4.99 Å². The number of hydrogen-bond donors (Lipinski definition) is 2. The summed E-state index contributed by atoms with van der Waals surface area (Å²) in [4.78, 5) is 10.2. The maximum atomic E-state index is 5.67. The van der Waals surface area contributed by atoms with Crippen molar-refractivity contribution in [2.75, 3.05) is 13.6 Å². The van der Waals surface area contributed by atoms with Crippen molar-refractivity contribution >= 4 is 17.3 Å². The average molecular weight is 375 g/mol. The number of rotatable bonds is 8. The van der Waals surface area contributed by atoms with E-state index in [9.17, 15) is 0 Å². The third-order valence-corrected chi connectivity index (χ3v) is 5.10. The highest BCUT2D eigenvalue weighted by atomic mass is 32.1. The fourth-order valence-corrected chi connectivity index (χ4v) is 3.37. The number of thiazole rings is 1. The molecule has 0 aliphatic rings. The minimum absolute atomic E-state index is 0.241. The number of nitrogens with one attached hydrogen (secondary N) is 2. The lowest BCUT2D eigenvalue weighted by Crippen LogP contribution is -2.37. The molecule has 2 aromatic rings. The van der Waals surface area contributed by atoms with Crippen molar-refractivity contribution in [3.8, 4) is 0 Å². The lowest BCUT2D eigenvalue weighted by atomic mass is 10.1. The summed E-state index contributed by atoms with van der Waals surface area (Å²) in [6, 6.07) is 8.44. The van der Waals surface area contributed by atoms with E-state index in [-0.39, 0.29) is 6.10 Å². The molecule has 0 radical (unpaired) electrons. The number of aryl methyl sites for hydroxylation is 2. The highest BCUT2D eigenvalue weighted by Gasteiger charge is 2.05. The minimum atomic E-state index is 0.241. The fourth-order valence-electron chi connectivity index (χ4n) is 2.43. The zero-order valence-electron chi connectivity index (χ0n) is 16.4. The molecule has 1 heterocycles. The standard InChI is InChI=1S/C20H30N4OS/c1-14(2)25-13-18-8-6-7-17(11-18)12-23-20(21-5)22-10-9-19-24-15(3)16(4)26-19/h6-8,11,14H,9-10,12-13H2,1-5H3,(H2,21,22,23). The topological polar surface area (TPSA) is 58.5 Å². The van der Waals surface area contributed by atoms with Crippen LogP contribution in [0.2, 0.25) is 0 Å². The molecule has 0 unspecified atom stereocenters. The SMILES string of the molecule is CN=C(NCCc1nc(C)c(C)s1)NCc1cccc(COC(C)C)c1. The molecule has 0 spiro atoms. The van der Waals surface area contributed by atoms with Crippen LogP contribution in [0.4, 0.5) is 0 Å². The van der Waals surface area contributed by atoms with Crippen LogP contribution in [-0.4, -0.2) is 30.6 Å². The quantitative estimate of drug-likeness (QED) is 0.548. The minimum Gasteiger partial charge on any atom is -0.374 e. The van der Waals surface area contributed by atoms with Gasteiger partial charge in [0.05, 0.1) is 23.4 Å². The van der Waals surface area contributed by atoms with Crippen LogP contribution in [0.25, 0.3) is 0 Å². The molecule has 0 saturated carbocycles. The van der Waals surface area contributed by atoms with E-state index in [1.165, 1.54) is 21.0 Å². The Hall–Kier alpha value is -1.92. The number of hydrogen-bond acceptors (Lipinski definition) is 4. The van der Waals surface area contributed by atoms with Crippen LogP contribution in [-0.2, 0) is 24.3 Å². The smallest absolute Gasteiger partial charge is 0.191 e. The lowest BCUT2D eigenvalue weighted by molar-refractivity contribution is 0.0657. The number of benzene rings is 1. The van der Waals surface area contributed by atoms with Crippen molar-refractivity contribution in [3.05, 3.63) is 51.0 Å². The Balaban J connectivity index is 1.78. The second-order valence-electron chi connectivity index (χ2n) is 6.53. The summed E-state index contributed by atoms with van der Waals surface area (Å²) in [5, 5.41) is 7.88. The molecule has 0 saturated heterocycles. The normalized spacial score (nSPS) is 11.8. The molecule has 2 N–H and O–H groups in total. The van der Waals surface area contributed by atoms with Crippen molar-refractivity contribution in [1.82, 2.24) is 15.6 Å². The van der Waals surface area contributed by atoms with Crippen LogP contribution in [0.3, 0.4) is 0 Å². The molecule has 6 heteroatoms. The van der Waals surface area contributed by atoms with Crippen LogP contribution in [0.5, 0.6) is 0 Å². The van der Waals surface area contributed by atoms with E-state index >= 15 is 0 Å². The van der Waals surface area contributed by atoms with Crippen LogP contribution >= 0.6 is 11.3 Å². The molecule has 0 bridgehead atoms. The molecule has 1 aromatic carbocycles. The Morgan fingerprint density at radius 3 is 2.65 bits per heavy atom. The van der Waals surface area contributed by atoms with Gasteiger partial charge in [-0.25, -0.2) is 4.98 Å². The first-order valence-electron chi connectivity index (χ1n) is 9.04. The second-order valence-corrected chi connectivity index (χ2v) is 7.82.